The Hall–Kier alpha value is -3.13. The van der Waals surface area contributed by atoms with Gasteiger partial charge in [-0.05, 0) is 66.4 Å². The number of aromatic nitrogens is 1. The van der Waals surface area contributed by atoms with Gasteiger partial charge < -0.3 is 9.64 Å². The number of thioether (sulfide) groups is 1. The predicted octanol–water partition coefficient (Wildman–Crippen LogP) is 3.88. The molecule has 8 heteroatoms. The highest BCUT2D eigenvalue weighted by atomic mass is 32.2. The monoisotopic (exact) mass is 437 g/mol. The van der Waals surface area contributed by atoms with E-state index in [0.29, 0.717) is 17.2 Å². The molecule has 160 valence electrons. The highest BCUT2D eigenvalue weighted by molar-refractivity contribution is 8.18. The van der Waals surface area contributed by atoms with Gasteiger partial charge in [0.2, 0.25) is 5.91 Å². The van der Waals surface area contributed by atoms with E-state index in [1.807, 2.05) is 24.3 Å². The summed E-state index contributed by atoms with van der Waals surface area (Å²) >= 11 is 0.853. The van der Waals surface area contributed by atoms with E-state index < -0.39 is 11.1 Å². The van der Waals surface area contributed by atoms with E-state index in [0.717, 1.165) is 47.1 Å². The van der Waals surface area contributed by atoms with Crippen LogP contribution in [0.4, 0.5) is 4.79 Å². The third kappa shape index (κ3) is 4.64. The van der Waals surface area contributed by atoms with Crippen molar-refractivity contribution >= 4 is 34.9 Å². The number of carbonyl (C=O) groups excluding carboxylic acids is 3. The third-order valence-electron chi connectivity index (χ3n) is 5.45. The number of piperidine rings is 1. The van der Waals surface area contributed by atoms with Gasteiger partial charge in [-0.2, -0.15) is 0 Å². The molecule has 2 saturated heterocycles. The molecule has 7 nitrogen and oxygen atoms in total. The Morgan fingerprint density at radius 1 is 1.26 bits per heavy atom. The predicted molar refractivity (Wildman–Crippen MR) is 118 cm³/mol. The molecule has 1 atom stereocenters. The zero-order valence-corrected chi connectivity index (χ0v) is 18.0. The number of imide groups is 1. The van der Waals surface area contributed by atoms with Crippen LogP contribution in [0.5, 0.6) is 5.75 Å². The van der Waals surface area contributed by atoms with Crippen molar-refractivity contribution in [3.63, 3.8) is 0 Å². The first-order valence-electron chi connectivity index (χ1n) is 10.2. The molecule has 0 spiro atoms. The van der Waals surface area contributed by atoms with Crippen LogP contribution in [0, 0.1) is 0 Å². The van der Waals surface area contributed by atoms with Crippen molar-refractivity contribution in [1.29, 1.82) is 0 Å². The Labute approximate surface area is 185 Å². The fraction of sp³-hybridized carbons (Fsp3) is 0.304. The Kier molecular flexibility index (Phi) is 6.36. The molecule has 2 aliphatic heterocycles. The van der Waals surface area contributed by atoms with Crippen LogP contribution in [0.3, 0.4) is 0 Å². The van der Waals surface area contributed by atoms with E-state index in [1.54, 1.807) is 42.6 Å². The Morgan fingerprint density at radius 3 is 2.90 bits per heavy atom. The molecule has 0 saturated carbocycles. The Balaban J connectivity index is 1.49. The number of benzene rings is 1. The first-order chi connectivity index (χ1) is 15.1. The van der Waals surface area contributed by atoms with Gasteiger partial charge in [0, 0.05) is 18.9 Å². The van der Waals surface area contributed by atoms with Crippen molar-refractivity contribution in [2.45, 2.75) is 25.3 Å². The van der Waals surface area contributed by atoms with Gasteiger partial charge in [-0.3, -0.25) is 24.3 Å². The van der Waals surface area contributed by atoms with Crippen LogP contribution in [0.2, 0.25) is 0 Å². The lowest BCUT2D eigenvalue weighted by atomic mass is 9.96. The molecule has 0 aliphatic carbocycles. The van der Waals surface area contributed by atoms with Gasteiger partial charge in [-0.15, -0.1) is 0 Å². The van der Waals surface area contributed by atoms with Crippen LogP contribution in [0.1, 0.15) is 36.4 Å². The number of pyridine rings is 1. The lowest BCUT2D eigenvalue weighted by Crippen LogP contribution is -2.45. The van der Waals surface area contributed by atoms with Gasteiger partial charge in [0.25, 0.3) is 11.1 Å². The zero-order chi connectivity index (χ0) is 21.8. The summed E-state index contributed by atoms with van der Waals surface area (Å²) in [7, 11) is 1.57. The molecule has 0 radical (unpaired) electrons. The number of methoxy groups -OCH3 is 1. The number of carbonyl (C=O) groups is 3. The second kappa shape index (κ2) is 9.34. The molecule has 0 bridgehead atoms. The lowest BCUT2D eigenvalue weighted by molar-refractivity contribution is -0.138. The van der Waals surface area contributed by atoms with Crippen LogP contribution < -0.4 is 4.74 Å². The molecule has 0 N–H and O–H groups in total. The zero-order valence-electron chi connectivity index (χ0n) is 17.2. The molecule has 1 aromatic carbocycles. The van der Waals surface area contributed by atoms with Crippen molar-refractivity contribution in [2.24, 2.45) is 0 Å². The van der Waals surface area contributed by atoms with Crippen LogP contribution in [-0.2, 0) is 9.59 Å². The van der Waals surface area contributed by atoms with E-state index in [2.05, 4.69) is 4.98 Å². The minimum absolute atomic E-state index is 0.0813. The standard InChI is InChI=1S/C23H23N3O4S/c1-30-18-8-4-6-16(12-18)13-20-22(28)26(23(29)31-20)15-21(27)25-11-3-2-9-19(25)17-7-5-10-24-14-17/h4-8,10,12-14,19H,2-3,9,11,15H2,1H3. The average Bonchev–Trinajstić information content (AvgIpc) is 3.07. The fourth-order valence-corrected chi connectivity index (χ4v) is 4.73. The van der Waals surface area contributed by atoms with Gasteiger partial charge in [0.05, 0.1) is 18.1 Å². The summed E-state index contributed by atoms with van der Waals surface area (Å²) in [5, 5.41) is -0.428. The Morgan fingerprint density at radius 2 is 2.13 bits per heavy atom. The van der Waals surface area contributed by atoms with Crippen molar-refractivity contribution in [3.8, 4) is 5.75 Å². The normalized spacial score (nSPS) is 20.4. The number of ether oxygens (including phenoxy) is 1. The molecule has 31 heavy (non-hydrogen) atoms. The summed E-state index contributed by atoms with van der Waals surface area (Å²) < 4.78 is 5.20. The van der Waals surface area contributed by atoms with Crippen LogP contribution >= 0.6 is 11.8 Å². The second-order valence-corrected chi connectivity index (χ2v) is 8.42. The topological polar surface area (TPSA) is 79.8 Å². The van der Waals surface area contributed by atoms with Crippen molar-refractivity contribution in [2.75, 3.05) is 20.2 Å². The SMILES string of the molecule is COc1cccc(C=C2SC(=O)N(CC(=O)N3CCCCC3c3cccnc3)C2=O)c1. The molecule has 1 unspecified atom stereocenters. The summed E-state index contributed by atoms with van der Waals surface area (Å²) in [6.07, 6.45) is 7.89. The van der Waals surface area contributed by atoms with E-state index in [4.69, 9.17) is 4.74 Å². The summed E-state index contributed by atoms with van der Waals surface area (Å²) in [5.74, 6) is -0.00529. The minimum Gasteiger partial charge on any atom is -0.497 e. The van der Waals surface area contributed by atoms with Gasteiger partial charge >= 0.3 is 0 Å². The molecule has 2 fully saturated rings. The van der Waals surface area contributed by atoms with E-state index in [9.17, 15) is 14.4 Å². The number of rotatable bonds is 5. The second-order valence-electron chi connectivity index (χ2n) is 7.43. The summed E-state index contributed by atoms with van der Waals surface area (Å²) in [4.78, 5) is 45.7. The van der Waals surface area contributed by atoms with E-state index >= 15 is 0 Å². The van der Waals surface area contributed by atoms with Gasteiger partial charge in [0.15, 0.2) is 0 Å². The van der Waals surface area contributed by atoms with Crippen molar-refractivity contribution in [3.05, 3.63) is 64.8 Å². The summed E-state index contributed by atoms with van der Waals surface area (Å²) in [6.45, 7) is 0.352. The first-order valence-corrected chi connectivity index (χ1v) is 11.0. The molecular formula is C23H23N3O4S. The summed E-state index contributed by atoms with van der Waals surface area (Å²) in [5.41, 5.74) is 1.73. The minimum atomic E-state index is -0.443. The molecule has 3 amide bonds. The van der Waals surface area contributed by atoms with Crippen molar-refractivity contribution < 1.29 is 19.1 Å². The van der Waals surface area contributed by atoms with Gasteiger partial charge in [-0.1, -0.05) is 18.2 Å². The molecular weight excluding hydrogens is 414 g/mol. The number of likely N-dealkylation sites (tertiary alicyclic amines) is 1. The number of hydrogen-bond acceptors (Lipinski definition) is 6. The number of nitrogens with zero attached hydrogens (tertiary/aromatic N) is 3. The largest absolute Gasteiger partial charge is 0.497 e. The highest BCUT2D eigenvalue weighted by Crippen LogP contribution is 2.34. The molecule has 2 aromatic rings. The Bertz CT molecular complexity index is 1020. The van der Waals surface area contributed by atoms with Gasteiger partial charge in [-0.25, -0.2) is 0 Å². The maximum atomic E-state index is 13.1. The highest BCUT2D eigenvalue weighted by Gasteiger charge is 2.38. The number of amides is 3. The number of hydrogen-bond donors (Lipinski definition) is 0. The van der Waals surface area contributed by atoms with Crippen LogP contribution in [0.15, 0.2) is 53.7 Å². The molecule has 1 aromatic heterocycles. The van der Waals surface area contributed by atoms with E-state index in [-0.39, 0.29) is 18.5 Å². The molecule has 2 aliphatic rings. The lowest BCUT2D eigenvalue weighted by Gasteiger charge is -2.36. The van der Waals surface area contributed by atoms with Crippen LogP contribution in [-0.4, -0.2) is 52.0 Å². The molecule has 4 rings (SSSR count). The molecule has 3 heterocycles. The maximum Gasteiger partial charge on any atom is 0.294 e. The average molecular weight is 438 g/mol. The maximum absolute atomic E-state index is 13.1. The van der Waals surface area contributed by atoms with Crippen molar-refractivity contribution in [1.82, 2.24) is 14.8 Å². The van der Waals surface area contributed by atoms with Gasteiger partial charge in [0.1, 0.15) is 12.3 Å². The third-order valence-corrected chi connectivity index (χ3v) is 6.36. The smallest absolute Gasteiger partial charge is 0.294 e. The summed E-state index contributed by atoms with van der Waals surface area (Å²) in [6, 6.07) is 11.0. The van der Waals surface area contributed by atoms with Crippen LogP contribution in [0.25, 0.3) is 6.08 Å². The van der Waals surface area contributed by atoms with E-state index in [1.165, 1.54) is 0 Å². The quantitative estimate of drug-likeness (QED) is 0.661. The first kappa shape index (κ1) is 21.1. The fourth-order valence-electron chi connectivity index (χ4n) is 3.89.